The van der Waals surface area contributed by atoms with Gasteiger partial charge in [0.2, 0.25) is 0 Å². The summed E-state index contributed by atoms with van der Waals surface area (Å²) in [6, 6.07) is 12.2. The third-order valence-electron chi connectivity index (χ3n) is 4.23. The van der Waals surface area contributed by atoms with Crippen LogP contribution in [-0.4, -0.2) is 46.1 Å². The highest BCUT2D eigenvalue weighted by molar-refractivity contribution is 5.97. The number of rotatable bonds is 8. The molecular weight excluding hydrogens is 384 g/mol. The lowest BCUT2D eigenvalue weighted by Gasteiger charge is -2.09. The Kier molecular flexibility index (Phi) is 6.84. The summed E-state index contributed by atoms with van der Waals surface area (Å²) in [7, 11) is 0. The van der Waals surface area contributed by atoms with Crippen molar-refractivity contribution in [3.8, 4) is 5.75 Å². The quantitative estimate of drug-likeness (QED) is 0.529. The molecule has 9 nitrogen and oxygen atoms in total. The second-order valence-corrected chi connectivity index (χ2v) is 6.98. The Hall–Kier alpha value is -3.62. The largest absolute Gasteiger partial charge is 0.494 e. The highest BCUT2D eigenvalue weighted by atomic mass is 16.5. The van der Waals surface area contributed by atoms with E-state index in [0.717, 1.165) is 11.3 Å². The molecular formula is C21H26N6O3. The lowest BCUT2D eigenvalue weighted by Crippen LogP contribution is -2.31. The minimum absolute atomic E-state index is 0.0590. The van der Waals surface area contributed by atoms with Crippen LogP contribution in [0.1, 0.15) is 31.1 Å². The Morgan fingerprint density at radius 3 is 2.60 bits per heavy atom. The van der Waals surface area contributed by atoms with Crippen molar-refractivity contribution in [2.45, 2.75) is 33.4 Å². The fourth-order valence-electron chi connectivity index (χ4n) is 2.88. The SMILES string of the molecule is CCOc1ccc(NC(=O)NCCn2nnc3cc(C(=O)NC(C)C)ccc32)cc1. The molecule has 3 aromatic rings. The van der Waals surface area contributed by atoms with Crippen LogP contribution in [0.15, 0.2) is 42.5 Å². The van der Waals surface area contributed by atoms with Gasteiger partial charge in [0.15, 0.2) is 0 Å². The molecule has 0 bridgehead atoms. The number of aromatic nitrogens is 3. The van der Waals surface area contributed by atoms with E-state index in [1.807, 2.05) is 26.8 Å². The fourth-order valence-corrected chi connectivity index (χ4v) is 2.88. The Balaban J connectivity index is 1.53. The van der Waals surface area contributed by atoms with Crippen LogP contribution in [-0.2, 0) is 6.54 Å². The molecule has 1 heterocycles. The van der Waals surface area contributed by atoms with Gasteiger partial charge in [0.25, 0.3) is 5.91 Å². The van der Waals surface area contributed by atoms with E-state index >= 15 is 0 Å². The van der Waals surface area contributed by atoms with Gasteiger partial charge in [-0.1, -0.05) is 5.21 Å². The molecule has 0 aliphatic carbocycles. The maximum atomic E-state index is 12.1. The first kappa shape index (κ1) is 21.1. The zero-order chi connectivity index (χ0) is 21.5. The van der Waals surface area contributed by atoms with E-state index in [1.54, 1.807) is 41.1 Å². The lowest BCUT2D eigenvalue weighted by molar-refractivity contribution is 0.0943. The molecule has 0 aliphatic heterocycles. The number of hydrogen-bond acceptors (Lipinski definition) is 5. The molecule has 0 saturated carbocycles. The Morgan fingerprint density at radius 1 is 1.13 bits per heavy atom. The minimum atomic E-state index is -0.309. The first-order valence-corrected chi connectivity index (χ1v) is 9.88. The molecule has 0 atom stereocenters. The molecule has 3 N–H and O–H groups in total. The Labute approximate surface area is 174 Å². The Bertz CT molecular complexity index is 1010. The van der Waals surface area contributed by atoms with Crippen molar-refractivity contribution in [2.24, 2.45) is 0 Å². The molecule has 0 saturated heterocycles. The van der Waals surface area contributed by atoms with Gasteiger partial charge in [-0.3, -0.25) is 4.79 Å². The third kappa shape index (κ3) is 5.47. The topological polar surface area (TPSA) is 110 Å². The van der Waals surface area contributed by atoms with Crippen LogP contribution in [0.25, 0.3) is 11.0 Å². The molecule has 0 fully saturated rings. The normalized spacial score (nSPS) is 10.8. The molecule has 3 amide bonds. The van der Waals surface area contributed by atoms with Crippen LogP contribution < -0.4 is 20.7 Å². The summed E-state index contributed by atoms with van der Waals surface area (Å²) in [6.07, 6.45) is 0. The van der Waals surface area contributed by atoms with Crippen LogP contribution in [0, 0.1) is 0 Å². The summed E-state index contributed by atoms with van der Waals surface area (Å²) in [6.45, 7) is 7.15. The van der Waals surface area contributed by atoms with Gasteiger partial charge in [-0.05, 0) is 63.2 Å². The number of urea groups is 1. The van der Waals surface area contributed by atoms with E-state index in [1.165, 1.54) is 0 Å². The highest BCUT2D eigenvalue weighted by Crippen LogP contribution is 2.16. The molecule has 0 unspecified atom stereocenters. The highest BCUT2D eigenvalue weighted by Gasteiger charge is 2.11. The average molecular weight is 410 g/mol. The standard InChI is InChI=1S/C21H26N6O3/c1-4-30-17-8-6-16(7-9-17)24-21(29)22-11-12-27-19-10-5-15(13-18(19)25-26-27)20(28)23-14(2)3/h5-10,13-14H,4,11-12H2,1-3H3,(H,23,28)(H2,22,24,29). The summed E-state index contributed by atoms with van der Waals surface area (Å²) in [5.74, 6) is 0.612. The number of fused-ring (bicyclic) bond motifs is 1. The summed E-state index contributed by atoms with van der Waals surface area (Å²) < 4.78 is 7.07. The van der Waals surface area contributed by atoms with Gasteiger partial charge < -0.3 is 20.7 Å². The average Bonchev–Trinajstić information content (AvgIpc) is 3.11. The van der Waals surface area contributed by atoms with Crippen LogP contribution in [0.4, 0.5) is 10.5 Å². The maximum Gasteiger partial charge on any atom is 0.319 e. The van der Waals surface area contributed by atoms with Gasteiger partial charge in [0.1, 0.15) is 11.3 Å². The molecule has 0 aliphatic rings. The first-order chi connectivity index (χ1) is 14.5. The number of ether oxygens (including phenoxy) is 1. The van der Waals surface area contributed by atoms with Gasteiger partial charge in [-0.2, -0.15) is 0 Å². The van der Waals surface area contributed by atoms with Crippen molar-refractivity contribution >= 4 is 28.7 Å². The van der Waals surface area contributed by atoms with Gasteiger partial charge >= 0.3 is 6.03 Å². The van der Waals surface area contributed by atoms with E-state index in [4.69, 9.17) is 4.74 Å². The van der Waals surface area contributed by atoms with Gasteiger partial charge in [-0.25, -0.2) is 9.48 Å². The summed E-state index contributed by atoms with van der Waals surface area (Å²) in [4.78, 5) is 24.2. The second kappa shape index (κ2) is 9.73. The van der Waals surface area contributed by atoms with Gasteiger partial charge in [0.05, 0.1) is 18.7 Å². The first-order valence-electron chi connectivity index (χ1n) is 9.88. The van der Waals surface area contributed by atoms with Crippen molar-refractivity contribution in [1.82, 2.24) is 25.6 Å². The number of amides is 3. The van der Waals surface area contributed by atoms with Crippen molar-refractivity contribution in [1.29, 1.82) is 0 Å². The number of anilines is 1. The lowest BCUT2D eigenvalue weighted by atomic mass is 10.2. The predicted octanol–water partition coefficient (Wildman–Crippen LogP) is 2.79. The molecule has 0 spiro atoms. The van der Waals surface area contributed by atoms with Crippen molar-refractivity contribution in [2.75, 3.05) is 18.5 Å². The molecule has 158 valence electrons. The van der Waals surface area contributed by atoms with Crippen LogP contribution in [0.3, 0.4) is 0 Å². The van der Waals surface area contributed by atoms with Crippen LogP contribution in [0.5, 0.6) is 5.75 Å². The third-order valence-corrected chi connectivity index (χ3v) is 4.23. The second-order valence-electron chi connectivity index (χ2n) is 6.98. The zero-order valence-corrected chi connectivity index (χ0v) is 17.3. The minimum Gasteiger partial charge on any atom is -0.494 e. The van der Waals surface area contributed by atoms with Crippen LogP contribution in [0.2, 0.25) is 0 Å². The van der Waals surface area contributed by atoms with Crippen molar-refractivity contribution in [3.05, 3.63) is 48.0 Å². The number of hydrogen-bond donors (Lipinski definition) is 3. The zero-order valence-electron chi connectivity index (χ0n) is 17.3. The number of benzene rings is 2. The molecule has 30 heavy (non-hydrogen) atoms. The van der Waals surface area contributed by atoms with E-state index in [-0.39, 0.29) is 18.0 Å². The maximum absolute atomic E-state index is 12.1. The van der Waals surface area contributed by atoms with Crippen molar-refractivity contribution in [3.63, 3.8) is 0 Å². The van der Waals surface area contributed by atoms with Gasteiger partial charge in [-0.15, -0.1) is 5.10 Å². The van der Waals surface area contributed by atoms with E-state index in [2.05, 4.69) is 26.3 Å². The molecule has 2 aromatic carbocycles. The van der Waals surface area contributed by atoms with Gasteiger partial charge in [0, 0.05) is 23.8 Å². The number of nitrogens with one attached hydrogen (secondary N) is 3. The van der Waals surface area contributed by atoms with Crippen molar-refractivity contribution < 1.29 is 14.3 Å². The summed E-state index contributed by atoms with van der Waals surface area (Å²) in [5, 5.41) is 16.6. The van der Waals surface area contributed by atoms with E-state index in [9.17, 15) is 9.59 Å². The number of nitrogens with zero attached hydrogens (tertiary/aromatic N) is 3. The fraction of sp³-hybridized carbons (Fsp3) is 0.333. The summed E-state index contributed by atoms with van der Waals surface area (Å²) in [5.41, 5.74) is 2.64. The van der Waals surface area contributed by atoms with E-state index in [0.29, 0.717) is 36.5 Å². The van der Waals surface area contributed by atoms with E-state index < -0.39 is 0 Å². The molecule has 1 aromatic heterocycles. The number of carbonyl (C=O) groups excluding carboxylic acids is 2. The number of carbonyl (C=O) groups is 2. The molecule has 9 heteroatoms. The molecule has 0 radical (unpaired) electrons. The summed E-state index contributed by atoms with van der Waals surface area (Å²) >= 11 is 0. The molecule has 3 rings (SSSR count). The Morgan fingerprint density at radius 2 is 1.90 bits per heavy atom. The predicted molar refractivity (Wildman–Crippen MR) is 115 cm³/mol. The smallest absolute Gasteiger partial charge is 0.319 e. The van der Waals surface area contributed by atoms with Crippen LogP contribution >= 0.6 is 0 Å². The monoisotopic (exact) mass is 410 g/mol.